The van der Waals surface area contributed by atoms with E-state index in [1.165, 1.54) is 5.56 Å². The van der Waals surface area contributed by atoms with E-state index in [0.29, 0.717) is 6.04 Å². The normalized spacial score (nSPS) is 32.8. The minimum Gasteiger partial charge on any atom is -0.493 e. The van der Waals surface area contributed by atoms with Crippen molar-refractivity contribution >= 4 is 0 Å². The van der Waals surface area contributed by atoms with Crippen molar-refractivity contribution in [1.29, 1.82) is 0 Å². The van der Waals surface area contributed by atoms with Gasteiger partial charge in [-0.25, -0.2) is 0 Å². The summed E-state index contributed by atoms with van der Waals surface area (Å²) < 4.78 is 10.8. The first-order valence-corrected chi connectivity index (χ1v) is 7.33. The molecular weight excluding hydrogens is 254 g/mol. The zero-order chi connectivity index (χ0) is 14.2. The molecule has 0 amide bonds. The summed E-state index contributed by atoms with van der Waals surface area (Å²) in [5.41, 5.74) is 1.44. The van der Waals surface area contributed by atoms with Crippen molar-refractivity contribution in [2.24, 2.45) is 0 Å². The lowest BCUT2D eigenvalue weighted by atomic mass is 9.65. The Morgan fingerprint density at radius 3 is 2.75 bits per heavy atom. The number of aliphatic hydroxyl groups excluding tert-OH is 1. The summed E-state index contributed by atoms with van der Waals surface area (Å²) in [6.07, 6.45) is 3.71. The van der Waals surface area contributed by atoms with E-state index in [1.807, 2.05) is 6.07 Å². The van der Waals surface area contributed by atoms with Gasteiger partial charge in [-0.2, -0.15) is 0 Å². The van der Waals surface area contributed by atoms with Crippen molar-refractivity contribution < 1.29 is 14.6 Å². The molecule has 1 saturated heterocycles. The molecule has 1 heterocycles. The second kappa shape index (κ2) is 5.26. The van der Waals surface area contributed by atoms with Gasteiger partial charge in [-0.05, 0) is 49.9 Å². The number of ether oxygens (including phenoxy) is 2. The highest BCUT2D eigenvalue weighted by Crippen LogP contribution is 2.47. The van der Waals surface area contributed by atoms with Crippen molar-refractivity contribution in [1.82, 2.24) is 5.32 Å². The average molecular weight is 277 g/mol. The monoisotopic (exact) mass is 277 g/mol. The van der Waals surface area contributed by atoms with E-state index in [0.717, 1.165) is 43.7 Å². The predicted molar refractivity (Wildman–Crippen MR) is 77.5 cm³/mol. The Bertz CT molecular complexity index is 491. The van der Waals surface area contributed by atoms with Gasteiger partial charge in [0.1, 0.15) is 0 Å². The second-order valence-corrected chi connectivity index (χ2v) is 5.91. The van der Waals surface area contributed by atoms with Gasteiger partial charge in [-0.15, -0.1) is 0 Å². The lowest BCUT2D eigenvalue weighted by molar-refractivity contribution is 0.0843. The van der Waals surface area contributed by atoms with Gasteiger partial charge in [-0.1, -0.05) is 6.07 Å². The molecule has 1 aliphatic carbocycles. The minimum absolute atomic E-state index is 0.138. The maximum Gasteiger partial charge on any atom is 0.161 e. The van der Waals surface area contributed by atoms with Crippen LogP contribution >= 0.6 is 0 Å². The molecule has 110 valence electrons. The van der Waals surface area contributed by atoms with Crippen LogP contribution in [0.4, 0.5) is 0 Å². The third-order valence-electron chi connectivity index (χ3n) is 5.02. The zero-order valence-corrected chi connectivity index (χ0v) is 12.2. The first-order valence-electron chi connectivity index (χ1n) is 7.33. The van der Waals surface area contributed by atoms with E-state index in [9.17, 15) is 5.11 Å². The molecule has 0 spiro atoms. The van der Waals surface area contributed by atoms with E-state index in [2.05, 4.69) is 17.4 Å². The van der Waals surface area contributed by atoms with E-state index >= 15 is 0 Å². The molecule has 4 nitrogen and oxygen atoms in total. The highest BCUT2D eigenvalue weighted by Gasteiger charge is 2.47. The number of fused-ring (bicyclic) bond motifs is 1. The summed E-state index contributed by atoms with van der Waals surface area (Å²) in [6.45, 7) is 1.02. The molecule has 2 N–H and O–H groups in total. The summed E-state index contributed by atoms with van der Waals surface area (Å²) in [4.78, 5) is 0. The molecule has 3 atom stereocenters. The topological polar surface area (TPSA) is 50.7 Å². The Hall–Kier alpha value is -1.26. The standard InChI is InChI=1S/C16H23NO3/c1-19-13-4-3-11(9-14(13)20-2)16-6-5-12(18)10-15(16)17-8-7-16/h3-4,9,12,15,17-18H,5-8,10H2,1-2H3/t12-,15+,16+/m1/s1. The quantitative estimate of drug-likeness (QED) is 0.885. The molecular formula is C16H23NO3. The predicted octanol–water partition coefficient (Wildman–Crippen LogP) is 1.85. The molecule has 2 fully saturated rings. The van der Waals surface area contributed by atoms with E-state index in [1.54, 1.807) is 14.2 Å². The average Bonchev–Trinajstić information content (AvgIpc) is 2.90. The summed E-state index contributed by atoms with van der Waals surface area (Å²) in [6, 6.07) is 6.61. The van der Waals surface area contributed by atoms with Gasteiger partial charge < -0.3 is 19.9 Å². The van der Waals surface area contributed by atoms with Gasteiger partial charge in [0.2, 0.25) is 0 Å². The molecule has 0 unspecified atom stereocenters. The van der Waals surface area contributed by atoms with Crippen LogP contribution in [0, 0.1) is 0 Å². The second-order valence-electron chi connectivity index (χ2n) is 5.91. The molecule has 3 rings (SSSR count). The fourth-order valence-corrected chi connectivity index (χ4v) is 3.90. The number of nitrogens with one attached hydrogen (secondary N) is 1. The lowest BCUT2D eigenvalue weighted by Gasteiger charge is -2.41. The van der Waals surface area contributed by atoms with Crippen LogP contribution in [0.15, 0.2) is 18.2 Å². The fourth-order valence-electron chi connectivity index (χ4n) is 3.90. The molecule has 0 aromatic heterocycles. The smallest absolute Gasteiger partial charge is 0.161 e. The largest absolute Gasteiger partial charge is 0.493 e. The van der Waals surface area contributed by atoms with Gasteiger partial charge in [0.25, 0.3) is 0 Å². The van der Waals surface area contributed by atoms with Crippen molar-refractivity contribution in [2.75, 3.05) is 20.8 Å². The van der Waals surface area contributed by atoms with Crippen LogP contribution in [0.5, 0.6) is 11.5 Å². The summed E-state index contributed by atoms with van der Waals surface area (Å²) in [7, 11) is 3.33. The Balaban J connectivity index is 1.98. The van der Waals surface area contributed by atoms with Crippen LogP contribution in [0.2, 0.25) is 0 Å². The molecule has 0 bridgehead atoms. The Morgan fingerprint density at radius 1 is 1.20 bits per heavy atom. The van der Waals surface area contributed by atoms with E-state index in [-0.39, 0.29) is 11.5 Å². The third kappa shape index (κ3) is 2.07. The molecule has 4 heteroatoms. The summed E-state index contributed by atoms with van der Waals surface area (Å²) >= 11 is 0. The molecule has 20 heavy (non-hydrogen) atoms. The van der Waals surface area contributed by atoms with Crippen molar-refractivity contribution in [3.63, 3.8) is 0 Å². The van der Waals surface area contributed by atoms with Crippen LogP contribution in [0.25, 0.3) is 0 Å². The Kier molecular flexibility index (Phi) is 3.61. The number of methoxy groups -OCH3 is 2. The van der Waals surface area contributed by atoms with Gasteiger partial charge in [-0.3, -0.25) is 0 Å². The Morgan fingerprint density at radius 2 is 2.00 bits per heavy atom. The van der Waals surface area contributed by atoms with Gasteiger partial charge >= 0.3 is 0 Å². The molecule has 0 radical (unpaired) electrons. The van der Waals surface area contributed by atoms with Crippen LogP contribution < -0.4 is 14.8 Å². The highest BCUT2D eigenvalue weighted by atomic mass is 16.5. The van der Waals surface area contributed by atoms with E-state index < -0.39 is 0 Å². The first kappa shape index (κ1) is 13.7. The van der Waals surface area contributed by atoms with Crippen LogP contribution in [-0.4, -0.2) is 38.0 Å². The molecule has 1 aliphatic heterocycles. The number of benzene rings is 1. The molecule has 1 saturated carbocycles. The van der Waals surface area contributed by atoms with Gasteiger partial charge in [0, 0.05) is 11.5 Å². The van der Waals surface area contributed by atoms with Crippen LogP contribution in [0.1, 0.15) is 31.2 Å². The van der Waals surface area contributed by atoms with Gasteiger partial charge in [0.05, 0.1) is 20.3 Å². The van der Waals surface area contributed by atoms with Gasteiger partial charge in [0.15, 0.2) is 11.5 Å². The highest BCUT2D eigenvalue weighted by molar-refractivity contribution is 5.46. The minimum atomic E-state index is -0.168. The molecule has 1 aromatic carbocycles. The lowest BCUT2D eigenvalue weighted by Crippen LogP contribution is -2.46. The van der Waals surface area contributed by atoms with Crippen LogP contribution in [0.3, 0.4) is 0 Å². The number of hydrogen-bond acceptors (Lipinski definition) is 4. The number of aliphatic hydroxyl groups is 1. The van der Waals surface area contributed by atoms with Crippen molar-refractivity contribution in [3.05, 3.63) is 23.8 Å². The maximum absolute atomic E-state index is 9.92. The maximum atomic E-state index is 9.92. The zero-order valence-electron chi connectivity index (χ0n) is 12.2. The number of hydrogen-bond donors (Lipinski definition) is 2. The fraction of sp³-hybridized carbons (Fsp3) is 0.625. The number of rotatable bonds is 3. The summed E-state index contributed by atoms with van der Waals surface area (Å²) in [5, 5.41) is 13.5. The first-order chi connectivity index (χ1) is 9.69. The summed E-state index contributed by atoms with van der Waals surface area (Å²) in [5.74, 6) is 1.56. The molecule has 1 aromatic rings. The van der Waals surface area contributed by atoms with Crippen molar-refractivity contribution in [3.8, 4) is 11.5 Å². The van der Waals surface area contributed by atoms with E-state index in [4.69, 9.17) is 9.47 Å². The van der Waals surface area contributed by atoms with Crippen LogP contribution in [-0.2, 0) is 5.41 Å². The SMILES string of the molecule is COc1ccc([C@]23CCN[C@H]2C[C@H](O)CC3)cc1OC. The third-order valence-corrected chi connectivity index (χ3v) is 5.02. The van der Waals surface area contributed by atoms with Crippen molar-refractivity contribution in [2.45, 2.75) is 43.2 Å². The Labute approximate surface area is 120 Å². The molecule has 2 aliphatic rings.